The summed E-state index contributed by atoms with van der Waals surface area (Å²) in [4.78, 5) is 23.1. The van der Waals surface area contributed by atoms with Gasteiger partial charge in [-0.05, 0) is 36.4 Å². The Morgan fingerprint density at radius 2 is 1.71 bits per heavy atom. The van der Waals surface area contributed by atoms with Crippen molar-refractivity contribution in [3.8, 4) is 0 Å². The Labute approximate surface area is 121 Å². The number of amides is 1. The predicted octanol–water partition coefficient (Wildman–Crippen LogP) is 2.73. The summed E-state index contributed by atoms with van der Waals surface area (Å²) in [5.41, 5.74) is 6.46. The molecular weight excluding hydrogens is 271 g/mol. The van der Waals surface area contributed by atoms with E-state index in [1.807, 2.05) is 0 Å². The smallest absolute Gasteiger partial charge is 0.250 e. The van der Waals surface area contributed by atoms with Crippen LogP contribution in [0.25, 0.3) is 0 Å². The Balaban J connectivity index is 2.07. The molecule has 0 unspecified atom stereocenters. The summed E-state index contributed by atoms with van der Waals surface area (Å²) in [5, 5.41) is 2.83. The van der Waals surface area contributed by atoms with Gasteiger partial charge in [-0.2, -0.15) is 0 Å². The largest absolute Gasteiger partial charge is 0.366 e. The molecule has 0 atom stereocenters. The average Bonchev–Trinajstić information content (AvgIpc) is 2.48. The molecule has 0 saturated heterocycles. The number of primary amides is 1. The number of carbonyl (C=O) groups is 2. The molecule has 0 saturated carbocycles. The van der Waals surface area contributed by atoms with Gasteiger partial charge in [0.05, 0.1) is 11.3 Å². The highest BCUT2D eigenvalue weighted by Crippen LogP contribution is 2.14. The van der Waals surface area contributed by atoms with Gasteiger partial charge in [0, 0.05) is 17.8 Å². The molecule has 0 bridgehead atoms. The lowest BCUT2D eigenvalue weighted by Crippen LogP contribution is -2.13. The van der Waals surface area contributed by atoms with Crippen LogP contribution in [0.4, 0.5) is 10.1 Å². The van der Waals surface area contributed by atoms with E-state index in [9.17, 15) is 14.0 Å². The topological polar surface area (TPSA) is 72.2 Å². The number of rotatable bonds is 5. The molecule has 4 nitrogen and oxygen atoms in total. The lowest BCUT2D eigenvalue weighted by Gasteiger charge is -2.05. The number of ketones is 1. The number of para-hydroxylation sites is 1. The maximum absolute atomic E-state index is 12.8. The van der Waals surface area contributed by atoms with Gasteiger partial charge < -0.3 is 11.1 Å². The predicted molar refractivity (Wildman–Crippen MR) is 78.5 cm³/mol. The minimum atomic E-state index is -0.559. The fraction of sp³-hybridized carbons (Fsp3) is 0. The molecule has 106 valence electrons. The van der Waals surface area contributed by atoms with Gasteiger partial charge >= 0.3 is 0 Å². The molecule has 1 amide bonds. The molecule has 0 aliphatic rings. The van der Waals surface area contributed by atoms with Gasteiger partial charge in [-0.25, -0.2) is 4.39 Å². The van der Waals surface area contributed by atoms with Crippen LogP contribution < -0.4 is 11.1 Å². The van der Waals surface area contributed by atoms with Crippen molar-refractivity contribution in [2.75, 3.05) is 5.32 Å². The number of halogens is 1. The van der Waals surface area contributed by atoms with E-state index in [1.54, 1.807) is 24.3 Å². The molecule has 0 spiro atoms. The number of carbonyl (C=O) groups excluding carboxylic acids is 2. The summed E-state index contributed by atoms with van der Waals surface area (Å²) in [6.45, 7) is 0. The monoisotopic (exact) mass is 284 g/mol. The number of hydrogen-bond donors (Lipinski definition) is 2. The normalized spacial score (nSPS) is 10.5. The molecule has 0 heterocycles. The minimum Gasteiger partial charge on any atom is -0.366 e. The summed E-state index contributed by atoms with van der Waals surface area (Å²) in [5.74, 6) is -1.24. The quantitative estimate of drug-likeness (QED) is 0.655. The van der Waals surface area contributed by atoms with Crippen LogP contribution in [0.5, 0.6) is 0 Å². The molecule has 2 rings (SSSR count). The van der Waals surface area contributed by atoms with Crippen molar-refractivity contribution < 1.29 is 14.0 Å². The SMILES string of the molecule is NC(=O)c1ccccc1N/C=C/C(=O)c1ccc(F)cc1. The van der Waals surface area contributed by atoms with Gasteiger partial charge in [-0.1, -0.05) is 12.1 Å². The first-order chi connectivity index (χ1) is 10.1. The van der Waals surface area contributed by atoms with Gasteiger partial charge in [-0.15, -0.1) is 0 Å². The second-order valence-corrected chi connectivity index (χ2v) is 4.26. The number of nitrogens with two attached hydrogens (primary N) is 1. The van der Waals surface area contributed by atoms with E-state index in [0.29, 0.717) is 16.8 Å². The molecule has 0 aliphatic heterocycles. The highest BCUT2D eigenvalue weighted by molar-refractivity contribution is 6.04. The van der Waals surface area contributed by atoms with Crippen LogP contribution >= 0.6 is 0 Å². The first-order valence-corrected chi connectivity index (χ1v) is 6.20. The molecule has 2 aromatic rings. The third-order valence-corrected chi connectivity index (χ3v) is 2.79. The zero-order chi connectivity index (χ0) is 15.2. The molecule has 3 N–H and O–H groups in total. The van der Waals surface area contributed by atoms with Crippen molar-refractivity contribution in [3.63, 3.8) is 0 Å². The van der Waals surface area contributed by atoms with E-state index in [2.05, 4.69) is 5.32 Å². The summed E-state index contributed by atoms with van der Waals surface area (Å²) >= 11 is 0. The number of hydrogen-bond acceptors (Lipinski definition) is 3. The summed E-state index contributed by atoms with van der Waals surface area (Å²) in [7, 11) is 0. The van der Waals surface area contributed by atoms with E-state index < -0.39 is 11.7 Å². The van der Waals surface area contributed by atoms with Gasteiger partial charge in [0.25, 0.3) is 5.91 Å². The fourth-order valence-corrected chi connectivity index (χ4v) is 1.74. The highest BCUT2D eigenvalue weighted by Gasteiger charge is 2.05. The molecule has 5 heteroatoms. The van der Waals surface area contributed by atoms with Crippen LogP contribution in [-0.2, 0) is 0 Å². The van der Waals surface area contributed by atoms with Crippen molar-refractivity contribution in [1.82, 2.24) is 0 Å². The van der Waals surface area contributed by atoms with Gasteiger partial charge in [-0.3, -0.25) is 9.59 Å². The zero-order valence-electron chi connectivity index (χ0n) is 11.0. The third-order valence-electron chi connectivity index (χ3n) is 2.79. The van der Waals surface area contributed by atoms with Crippen molar-refractivity contribution in [3.05, 3.63) is 77.8 Å². The molecule has 21 heavy (non-hydrogen) atoms. The van der Waals surface area contributed by atoms with Crippen molar-refractivity contribution in [2.24, 2.45) is 5.73 Å². The Kier molecular flexibility index (Phi) is 4.46. The van der Waals surface area contributed by atoms with Gasteiger partial charge in [0.15, 0.2) is 5.78 Å². The van der Waals surface area contributed by atoms with Crippen LogP contribution in [0.3, 0.4) is 0 Å². The van der Waals surface area contributed by atoms with Crippen molar-refractivity contribution in [1.29, 1.82) is 0 Å². The van der Waals surface area contributed by atoms with Crippen LogP contribution in [0, 0.1) is 5.82 Å². The Bertz CT molecular complexity index is 694. The van der Waals surface area contributed by atoms with Crippen LogP contribution in [-0.4, -0.2) is 11.7 Å². The third kappa shape index (κ3) is 3.76. The summed E-state index contributed by atoms with van der Waals surface area (Å²) in [6, 6.07) is 11.9. The highest BCUT2D eigenvalue weighted by atomic mass is 19.1. The average molecular weight is 284 g/mol. The van der Waals surface area contributed by atoms with E-state index in [4.69, 9.17) is 5.73 Å². The van der Waals surface area contributed by atoms with Crippen LogP contribution in [0.2, 0.25) is 0 Å². The maximum Gasteiger partial charge on any atom is 0.250 e. The molecular formula is C16H13FN2O2. The van der Waals surface area contributed by atoms with Crippen molar-refractivity contribution >= 4 is 17.4 Å². The molecule has 0 fully saturated rings. The van der Waals surface area contributed by atoms with E-state index in [-0.39, 0.29) is 5.78 Å². The van der Waals surface area contributed by atoms with Crippen molar-refractivity contribution in [2.45, 2.75) is 0 Å². The second kappa shape index (κ2) is 6.47. The van der Waals surface area contributed by atoms with Crippen LogP contribution in [0.15, 0.2) is 60.8 Å². The lowest BCUT2D eigenvalue weighted by molar-refractivity contribution is 0.0999. The second-order valence-electron chi connectivity index (χ2n) is 4.26. The van der Waals surface area contributed by atoms with E-state index in [0.717, 1.165) is 0 Å². The minimum absolute atomic E-state index is 0.279. The fourth-order valence-electron chi connectivity index (χ4n) is 1.74. The Morgan fingerprint density at radius 1 is 1.05 bits per heavy atom. The number of nitrogens with one attached hydrogen (secondary N) is 1. The molecule has 0 aliphatic carbocycles. The van der Waals surface area contributed by atoms with Gasteiger partial charge in [0.2, 0.25) is 0 Å². The summed E-state index contributed by atoms with van der Waals surface area (Å²) < 4.78 is 12.8. The zero-order valence-corrected chi connectivity index (χ0v) is 11.0. The first kappa shape index (κ1) is 14.5. The molecule has 0 aromatic heterocycles. The summed E-state index contributed by atoms with van der Waals surface area (Å²) in [6.07, 6.45) is 2.71. The van der Waals surface area contributed by atoms with E-state index >= 15 is 0 Å². The lowest BCUT2D eigenvalue weighted by atomic mass is 10.1. The van der Waals surface area contributed by atoms with E-state index in [1.165, 1.54) is 36.5 Å². The van der Waals surface area contributed by atoms with Crippen LogP contribution in [0.1, 0.15) is 20.7 Å². The molecule has 0 radical (unpaired) electrons. The number of allylic oxidation sites excluding steroid dienone is 1. The standard InChI is InChI=1S/C16H13FN2O2/c17-12-7-5-11(6-8-12)15(20)9-10-19-14-4-2-1-3-13(14)16(18)21/h1-10,19H,(H2,18,21)/b10-9+. The Morgan fingerprint density at radius 3 is 2.38 bits per heavy atom. The van der Waals surface area contributed by atoms with Gasteiger partial charge in [0.1, 0.15) is 5.82 Å². The molecule has 2 aromatic carbocycles. The Hall–Kier alpha value is -2.95. The first-order valence-electron chi connectivity index (χ1n) is 6.20. The maximum atomic E-state index is 12.8. The number of anilines is 1. The number of benzene rings is 2.